The number of carbonyl (C=O) groups excluding carboxylic acids is 1. The van der Waals surface area contributed by atoms with E-state index in [4.69, 9.17) is 4.74 Å². The second-order valence-corrected chi connectivity index (χ2v) is 3.45. The Morgan fingerprint density at radius 1 is 1.35 bits per heavy atom. The highest BCUT2D eigenvalue weighted by atomic mass is 16.5. The van der Waals surface area contributed by atoms with Crippen molar-refractivity contribution in [3.63, 3.8) is 0 Å². The molecule has 0 aliphatic heterocycles. The number of benzene rings is 1. The third kappa shape index (κ3) is 2.10. The van der Waals surface area contributed by atoms with Crippen LogP contribution >= 0.6 is 0 Å². The minimum Gasteiger partial charge on any atom is -0.507 e. The molecule has 4 heteroatoms. The van der Waals surface area contributed by atoms with E-state index in [-0.39, 0.29) is 11.3 Å². The fourth-order valence-electron chi connectivity index (χ4n) is 1.59. The van der Waals surface area contributed by atoms with Crippen molar-refractivity contribution in [2.45, 2.75) is 0 Å². The van der Waals surface area contributed by atoms with Gasteiger partial charge in [0.05, 0.1) is 12.7 Å². The Kier molecular flexibility index (Phi) is 3.05. The SMILES string of the molecule is COc1ncccc1-c1ccc(O)c(C=O)c1. The van der Waals surface area contributed by atoms with Gasteiger partial charge in [-0.2, -0.15) is 0 Å². The van der Waals surface area contributed by atoms with E-state index in [0.717, 1.165) is 11.1 Å². The molecule has 0 aliphatic carbocycles. The topological polar surface area (TPSA) is 59.4 Å². The minimum absolute atomic E-state index is 0.0355. The van der Waals surface area contributed by atoms with E-state index >= 15 is 0 Å². The molecule has 0 amide bonds. The van der Waals surface area contributed by atoms with Crippen LogP contribution < -0.4 is 4.74 Å². The quantitative estimate of drug-likeness (QED) is 0.820. The Hall–Kier alpha value is -2.36. The number of aromatic nitrogens is 1. The van der Waals surface area contributed by atoms with E-state index in [1.807, 2.05) is 6.07 Å². The first-order chi connectivity index (χ1) is 8.26. The number of hydrogen-bond acceptors (Lipinski definition) is 4. The number of aldehydes is 1. The maximum absolute atomic E-state index is 10.8. The van der Waals surface area contributed by atoms with Gasteiger partial charge in [-0.3, -0.25) is 4.79 Å². The van der Waals surface area contributed by atoms with E-state index in [0.29, 0.717) is 12.2 Å². The Balaban J connectivity index is 2.56. The van der Waals surface area contributed by atoms with Crippen molar-refractivity contribution < 1.29 is 14.6 Å². The van der Waals surface area contributed by atoms with Gasteiger partial charge in [-0.15, -0.1) is 0 Å². The monoisotopic (exact) mass is 229 g/mol. The summed E-state index contributed by atoms with van der Waals surface area (Å²) in [7, 11) is 1.53. The first-order valence-corrected chi connectivity index (χ1v) is 5.04. The van der Waals surface area contributed by atoms with Crippen molar-refractivity contribution in [3.05, 3.63) is 42.1 Å². The number of phenolic OH excluding ortho intramolecular Hbond substituents is 1. The van der Waals surface area contributed by atoms with Gasteiger partial charge in [0.1, 0.15) is 5.75 Å². The summed E-state index contributed by atoms with van der Waals surface area (Å²) < 4.78 is 5.14. The number of nitrogens with zero attached hydrogens (tertiary/aromatic N) is 1. The molecule has 0 radical (unpaired) electrons. The molecule has 0 bridgehead atoms. The maximum atomic E-state index is 10.8. The zero-order chi connectivity index (χ0) is 12.3. The van der Waals surface area contributed by atoms with E-state index < -0.39 is 0 Å². The minimum atomic E-state index is -0.0355. The molecular weight excluding hydrogens is 218 g/mol. The zero-order valence-electron chi connectivity index (χ0n) is 9.25. The summed E-state index contributed by atoms with van der Waals surface area (Å²) in [5.74, 6) is 0.446. The van der Waals surface area contributed by atoms with Gasteiger partial charge >= 0.3 is 0 Å². The molecule has 2 rings (SSSR count). The molecule has 4 nitrogen and oxygen atoms in total. The molecule has 0 spiro atoms. The number of methoxy groups -OCH3 is 1. The van der Waals surface area contributed by atoms with Gasteiger partial charge in [0.25, 0.3) is 0 Å². The van der Waals surface area contributed by atoms with Gasteiger partial charge in [-0.05, 0) is 29.8 Å². The second kappa shape index (κ2) is 4.65. The number of aromatic hydroxyl groups is 1. The summed E-state index contributed by atoms with van der Waals surface area (Å²) >= 11 is 0. The molecule has 0 unspecified atom stereocenters. The van der Waals surface area contributed by atoms with Gasteiger partial charge in [0.2, 0.25) is 5.88 Å². The van der Waals surface area contributed by atoms with Crippen LogP contribution in [0.25, 0.3) is 11.1 Å². The number of ether oxygens (including phenoxy) is 1. The van der Waals surface area contributed by atoms with Gasteiger partial charge in [0, 0.05) is 11.8 Å². The standard InChI is InChI=1S/C13H11NO3/c1-17-13-11(3-2-6-14-13)9-4-5-12(16)10(7-9)8-15/h2-8,16H,1H3. The summed E-state index contributed by atoms with van der Waals surface area (Å²) in [5.41, 5.74) is 1.79. The van der Waals surface area contributed by atoms with E-state index in [1.54, 1.807) is 24.4 Å². The van der Waals surface area contributed by atoms with Gasteiger partial charge < -0.3 is 9.84 Å². The molecule has 1 heterocycles. The molecule has 1 aromatic carbocycles. The van der Waals surface area contributed by atoms with Crippen LogP contribution in [0.2, 0.25) is 0 Å². The van der Waals surface area contributed by atoms with Crippen LogP contribution in [0.4, 0.5) is 0 Å². The van der Waals surface area contributed by atoms with Crippen molar-refractivity contribution in [1.82, 2.24) is 4.98 Å². The predicted octanol–water partition coefficient (Wildman–Crippen LogP) is 2.28. The average Bonchev–Trinajstić information content (AvgIpc) is 2.39. The van der Waals surface area contributed by atoms with Gasteiger partial charge in [-0.25, -0.2) is 4.98 Å². The molecule has 17 heavy (non-hydrogen) atoms. The molecule has 1 aromatic heterocycles. The number of hydrogen-bond donors (Lipinski definition) is 1. The van der Waals surface area contributed by atoms with E-state index in [9.17, 15) is 9.90 Å². The van der Waals surface area contributed by atoms with Crippen LogP contribution in [0, 0.1) is 0 Å². The lowest BCUT2D eigenvalue weighted by atomic mass is 10.0. The van der Waals surface area contributed by atoms with Crippen LogP contribution in [0.15, 0.2) is 36.5 Å². The maximum Gasteiger partial charge on any atom is 0.221 e. The normalized spacial score (nSPS) is 9.94. The lowest BCUT2D eigenvalue weighted by Crippen LogP contribution is -1.91. The second-order valence-electron chi connectivity index (χ2n) is 3.45. The Labute approximate surface area is 98.5 Å². The Morgan fingerprint density at radius 3 is 2.88 bits per heavy atom. The highest BCUT2D eigenvalue weighted by Crippen LogP contribution is 2.30. The molecule has 2 aromatic rings. The molecule has 0 saturated carbocycles. The molecule has 0 saturated heterocycles. The van der Waals surface area contributed by atoms with Gasteiger partial charge in [-0.1, -0.05) is 6.07 Å². The smallest absolute Gasteiger partial charge is 0.221 e. The van der Waals surface area contributed by atoms with E-state index in [2.05, 4.69) is 4.98 Å². The van der Waals surface area contributed by atoms with Crippen LogP contribution in [0.3, 0.4) is 0 Å². The summed E-state index contributed by atoms with van der Waals surface area (Å²) in [5, 5.41) is 9.43. The lowest BCUT2D eigenvalue weighted by Gasteiger charge is -2.07. The molecular formula is C13H11NO3. The summed E-state index contributed by atoms with van der Waals surface area (Å²) in [6, 6.07) is 8.41. The summed E-state index contributed by atoms with van der Waals surface area (Å²) in [6.07, 6.45) is 2.24. The number of pyridine rings is 1. The molecule has 1 N–H and O–H groups in total. The first kappa shape index (κ1) is 11.1. The lowest BCUT2D eigenvalue weighted by molar-refractivity contribution is 0.112. The molecule has 86 valence electrons. The van der Waals surface area contributed by atoms with E-state index in [1.165, 1.54) is 13.2 Å². The van der Waals surface area contributed by atoms with Crippen molar-refractivity contribution in [1.29, 1.82) is 0 Å². The number of phenols is 1. The van der Waals surface area contributed by atoms with Crippen LogP contribution in [0.5, 0.6) is 11.6 Å². The van der Waals surface area contributed by atoms with Crippen molar-refractivity contribution in [2.24, 2.45) is 0 Å². The number of carbonyl (C=O) groups is 1. The molecule has 0 fully saturated rings. The summed E-state index contributed by atoms with van der Waals surface area (Å²) in [4.78, 5) is 14.8. The third-order valence-corrected chi connectivity index (χ3v) is 2.43. The Bertz CT molecular complexity index is 552. The highest BCUT2D eigenvalue weighted by Gasteiger charge is 2.08. The highest BCUT2D eigenvalue weighted by molar-refractivity contribution is 5.83. The number of rotatable bonds is 3. The van der Waals surface area contributed by atoms with Crippen LogP contribution in [-0.4, -0.2) is 23.5 Å². The van der Waals surface area contributed by atoms with Crippen molar-refractivity contribution in [3.8, 4) is 22.8 Å². The predicted molar refractivity (Wildman–Crippen MR) is 63.3 cm³/mol. The first-order valence-electron chi connectivity index (χ1n) is 5.04. The van der Waals surface area contributed by atoms with Crippen LogP contribution in [-0.2, 0) is 0 Å². The summed E-state index contributed by atoms with van der Waals surface area (Å²) in [6.45, 7) is 0. The zero-order valence-corrected chi connectivity index (χ0v) is 9.25. The Morgan fingerprint density at radius 2 is 2.18 bits per heavy atom. The van der Waals surface area contributed by atoms with Crippen molar-refractivity contribution in [2.75, 3.05) is 7.11 Å². The molecule has 0 aliphatic rings. The van der Waals surface area contributed by atoms with Crippen LogP contribution in [0.1, 0.15) is 10.4 Å². The largest absolute Gasteiger partial charge is 0.507 e. The average molecular weight is 229 g/mol. The molecule has 0 atom stereocenters. The fraction of sp³-hybridized carbons (Fsp3) is 0.0769. The fourth-order valence-corrected chi connectivity index (χ4v) is 1.59. The third-order valence-electron chi connectivity index (χ3n) is 2.43. The van der Waals surface area contributed by atoms with Crippen molar-refractivity contribution >= 4 is 6.29 Å². The van der Waals surface area contributed by atoms with Gasteiger partial charge in [0.15, 0.2) is 6.29 Å².